The molecule has 0 radical (unpaired) electrons. The van der Waals surface area contributed by atoms with Crippen molar-refractivity contribution in [3.63, 3.8) is 0 Å². The van der Waals surface area contributed by atoms with Crippen LogP contribution in [0.2, 0.25) is 0 Å². The molecule has 146 valence electrons. The van der Waals surface area contributed by atoms with Gasteiger partial charge in [0.2, 0.25) is 0 Å². The first-order valence-electron chi connectivity index (χ1n) is 9.54. The van der Waals surface area contributed by atoms with Gasteiger partial charge in [-0.15, -0.1) is 0 Å². The largest absolute Gasteiger partial charge is 0.489 e. The Hall–Kier alpha value is -1.79. The fourth-order valence-corrected chi connectivity index (χ4v) is 2.70. The lowest BCUT2D eigenvalue weighted by Crippen LogP contribution is -2.45. The third-order valence-electron chi connectivity index (χ3n) is 4.03. The lowest BCUT2D eigenvalue weighted by atomic mass is 10.2. The van der Waals surface area contributed by atoms with Crippen LogP contribution in [0.1, 0.15) is 32.8 Å². The first kappa shape index (κ1) is 20.5. The number of aliphatic imine (C=N–C) groups is 1. The molecule has 3 atom stereocenters. The first-order valence-corrected chi connectivity index (χ1v) is 9.54. The van der Waals surface area contributed by atoms with Gasteiger partial charge < -0.3 is 24.8 Å². The van der Waals surface area contributed by atoms with Crippen molar-refractivity contribution in [3.05, 3.63) is 29.8 Å². The van der Waals surface area contributed by atoms with E-state index >= 15 is 0 Å². The van der Waals surface area contributed by atoms with Crippen LogP contribution in [0.5, 0.6) is 5.75 Å². The van der Waals surface area contributed by atoms with Gasteiger partial charge in [-0.05, 0) is 51.8 Å². The lowest BCUT2D eigenvalue weighted by molar-refractivity contribution is 0.0347. The highest BCUT2D eigenvalue weighted by molar-refractivity contribution is 5.80. The molecule has 1 aliphatic heterocycles. The van der Waals surface area contributed by atoms with Crippen LogP contribution in [0.15, 0.2) is 29.3 Å². The van der Waals surface area contributed by atoms with Gasteiger partial charge in [-0.1, -0.05) is 12.1 Å². The number of aryl methyl sites for hydroxylation is 1. The Labute approximate surface area is 157 Å². The Balaban J connectivity index is 1.78. The summed E-state index contributed by atoms with van der Waals surface area (Å²) in [5.41, 5.74) is 1.19. The van der Waals surface area contributed by atoms with E-state index in [1.807, 2.05) is 25.1 Å². The number of hydrogen-bond donors (Lipinski definition) is 2. The molecule has 2 N–H and O–H groups in total. The molecule has 0 spiro atoms. The zero-order valence-corrected chi connectivity index (χ0v) is 16.5. The highest BCUT2D eigenvalue weighted by atomic mass is 16.5. The number of ether oxygens (including phenoxy) is 3. The molecular weight excluding hydrogens is 330 g/mol. The summed E-state index contributed by atoms with van der Waals surface area (Å²) in [5, 5.41) is 6.66. The molecule has 1 fully saturated rings. The standard InChI is InChI=1S/C20H33N3O3/c1-5-21-20(23-16(3)13-25-19-9-10-24-14-19)22-12-17(4)26-18-8-6-7-15(2)11-18/h6-8,11,16-17,19H,5,9-10,12-14H2,1-4H3,(H2,21,22,23). The van der Waals surface area contributed by atoms with Crippen LogP contribution in [-0.2, 0) is 9.47 Å². The summed E-state index contributed by atoms with van der Waals surface area (Å²) < 4.78 is 17.1. The Morgan fingerprint density at radius 1 is 1.38 bits per heavy atom. The summed E-state index contributed by atoms with van der Waals surface area (Å²) >= 11 is 0. The Kier molecular flexibility index (Phi) is 8.71. The van der Waals surface area contributed by atoms with Gasteiger partial charge in [0.25, 0.3) is 0 Å². The molecule has 0 bridgehead atoms. The zero-order chi connectivity index (χ0) is 18.8. The van der Waals surface area contributed by atoms with Gasteiger partial charge in [-0.3, -0.25) is 0 Å². The van der Waals surface area contributed by atoms with E-state index in [0.29, 0.717) is 19.8 Å². The van der Waals surface area contributed by atoms with Crippen molar-refractivity contribution in [3.8, 4) is 5.75 Å². The third kappa shape index (κ3) is 7.62. The maximum Gasteiger partial charge on any atom is 0.191 e. The number of benzene rings is 1. The van der Waals surface area contributed by atoms with E-state index in [9.17, 15) is 0 Å². The molecule has 1 heterocycles. The monoisotopic (exact) mass is 363 g/mol. The van der Waals surface area contributed by atoms with E-state index in [-0.39, 0.29) is 18.2 Å². The normalized spacial score (nSPS) is 19.8. The smallest absolute Gasteiger partial charge is 0.191 e. The maximum atomic E-state index is 5.94. The van der Waals surface area contributed by atoms with E-state index in [1.165, 1.54) is 5.56 Å². The van der Waals surface area contributed by atoms with Crippen molar-refractivity contribution in [1.82, 2.24) is 10.6 Å². The van der Waals surface area contributed by atoms with Gasteiger partial charge in [-0.25, -0.2) is 4.99 Å². The van der Waals surface area contributed by atoms with Crippen molar-refractivity contribution in [1.29, 1.82) is 0 Å². The summed E-state index contributed by atoms with van der Waals surface area (Å²) in [6.45, 7) is 11.8. The van der Waals surface area contributed by atoms with Crippen molar-refractivity contribution < 1.29 is 14.2 Å². The van der Waals surface area contributed by atoms with E-state index in [1.54, 1.807) is 0 Å². The van der Waals surface area contributed by atoms with Gasteiger partial charge in [0, 0.05) is 19.2 Å². The van der Waals surface area contributed by atoms with Gasteiger partial charge in [0.05, 0.1) is 25.9 Å². The fourth-order valence-electron chi connectivity index (χ4n) is 2.70. The summed E-state index contributed by atoms with van der Waals surface area (Å²) in [6.07, 6.45) is 1.20. The average Bonchev–Trinajstić information content (AvgIpc) is 3.12. The van der Waals surface area contributed by atoms with Crippen LogP contribution in [-0.4, -0.2) is 57.1 Å². The molecular formula is C20H33N3O3. The summed E-state index contributed by atoms with van der Waals surface area (Å²) in [5.74, 6) is 1.66. The number of hydrogen-bond acceptors (Lipinski definition) is 4. The third-order valence-corrected chi connectivity index (χ3v) is 4.03. The quantitative estimate of drug-likeness (QED) is 0.521. The van der Waals surface area contributed by atoms with E-state index in [2.05, 4.69) is 42.5 Å². The molecule has 0 saturated carbocycles. The van der Waals surface area contributed by atoms with Gasteiger partial charge in [0.15, 0.2) is 5.96 Å². The molecule has 0 aromatic heterocycles. The minimum absolute atomic E-state index is 0.00514. The predicted octanol–water partition coefficient (Wildman–Crippen LogP) is 2.51. The number of rotatable bonds is 9. The van der Waals surface area contributed by atoms with Crippen LogP contribution >= 0.6 is 0 Å². The van der Waals surface area contributed by atoms with Crippen molar-refractivity contribution >= 4 is 5.96 Å². The molecule has 1 aliphatic rings. The first-order chi connectivity index (χ1) is 12.6. The molecule has 1 aromatic rings. The summed E-state index contributed by atoms with van der Waals surface area (Å²) in [4.78, 5) is 4.64. The molecule has 1 aromatic carbocycles. The Morgan fingerprint density at radius 3 is 2.92 bits per heavy atom. The van der Waals surface area contributed by atoms with Crippen LogP contribution in [0, 0.1) is 6.92 Å². The number of guanidine groups is 1. The molecule has 6 nitrogen and oxygen atoms in total. The lowest BCUT2D eigenvalue weighted by Gasteiger charge is -2.20. The number of nitrogens with zero attached hydrogens (tertiary/aromatic N) is 1. The fraction of sp³-hybridized carbons (Fsp3) is 0.650. The van der Waals surface area contributed by atoms with Crippen LogP contribution in [0.3, 0.4) is 0 Å². The minimum Gasteiger partial charge on any atom is -0.489 e. The number of nitrogens with one attached hydrogen (secondary N) is 2. The average molecular weight is 364 g/mol. The zero-order valence-electron chi connectivity index (χ0n) is 16.5. The van der Waals surface area contributed by atoms with Crippen LogP contribution < -0.4 is 15.4 Å². The SMILES string of the molecule is CCNC(=NCC(C)Oc1cccc(C)c1)NC(C)COC1CCOC1. The van der Waals surface area contributed by atoms with Crippen molar-refractivity contribution in [2.45, 2.75) is 52.4 Å². The van der Waals surface area contributed by atoms with E-state index < -0.39 is 0 Å². The van der Waals surface area contributed by atoms with Gasteiger partial charge in [-0.2, -0.15) is 0 Å². The molecule has 1 saturated heterocycles. The second kappa shape index (κ2) is 11.0. The van der Waals surface area contributed by atoms with Gasteiger partial charge in [0.1, 0.15) is 11.9 Å². The molecule has 0 aliphatic carbocycles. The summed E-state index contributed by atoms with van der Waals surface area (Å²) in [6, 6.07) is 8.24. The molecule has 26 heavy (non-hydrogen) atoms. The molecule has 6 heteroatoms. The van der Waals surface area contributed by atoms with Crippen LogP contribution in [0.4, 0.5) is 0 Å². The molecule has 0 amide bonds. The van der Waals surface area contributed by atoms with Gasteiger partial charge >= 0.3 is 0 Å². The Morgan fingerprint density at radius 2 is 2.23 bits per heavy atom. The molecule has 2 rings (SSSR count). The van der Waals surface area contributed by atoms with Crippen molar-refractivity contribution in [2.24, 2.45) is 4.99 Å². The van der Waals surface area contributed by atoms with E-state index in [0.717, 1.165) is 31.3 Å². The highest BCUT2D eigenvalue weighted by Crippen LogP contribution is 2.14. The predicted molar refractivity (Wildman–Crippen MR) is 105 cm³/mol. The van der Waals surface area contributed by atoms with Crippen molar-refractivity contribution in [2.75, 3.05) is 32.9 Å². The van der Waals surface area contributed by atoms with Crippen LogP contribution in [0.25, 0.3) is 0 Å². The maximum absolute atomic E-state index is 5.94. The second-order valence-electron chi connectivity index (χ2n) is 6.83. The topological polar surface area (TPSA) is 64.1 Å². The second-order valence-corrected chi connectivity index (χ2v) is 6.83. The Bertz CT molecular complexity index is 559. The highest BCUT2D eigenvalue weighted by Gasteiger charge is 2.17. The molecule has 3 unspecified atom stereocenters. The minimum atomic E-state index is -0.00514. The summed E-state index contributed by atoms with van der Waals surface area (Å²) in [7, 11) is 0. The van der Waals surface area contributed by atoms with E-state index in [4.69, 9.17) is 14.2 Å².